The average Bonchev–Trinajstić information content (AvgIpc) is 3.36. The fourth-order valence-corrected chi connectivity index (χ4v) is 4.07. The van der Waals surface area contributed by atoms with Gasteiger partial charge in [-0.2, -0.15) is 0 Å². The number of nitrogens with two attached hydrogens (primary N) is 1. The van der Waals surface area contributed by atoms with Gasteiger partial charge in [0.2, 0.25) is 5.24 Å². The molecule has 0 aliphatic heterocycles. The Morgan fingerprint density at radius 2 is 1.92 bits per heavy atom. The summed E-state index contributed by atoms with van der Waals surface area (Å²) in [6.07, 6.45) is 3.27. The van der Waals surface area contributed by atoms with E-state index in [0.29, 0.717) is 27.8 Å². The van der Waals surface area contributed by atoms with Crippen molar-refractivity contribution in [1.29, 1.82) is 0 Å². The van der Waals surface area contributed by atoms with Gasteiger partial charge in [-0.3, -0.25) is 14.2 Å². The molecule has 0 atom stereocenters. The topological polar surface area (TPSA) is 147 Å². The summed E-state index contributed by atoms with van der Waals surface area (Å²) < 4.78 is 13.2. The molecule has 5 aromatic rings. The summed E-state index contributed by atoms with van der Waals surface area (Å²) >= 11 is 5.23. The number of aryl methyl sites for hydroxylation is 2. The molecule has 38 heavy (non-hydrogen) atoms. The minimum atomic E-state index is -0.425. The Balaban J connectivity index is 0.000000236. The first-order valence-corrected chi connectivity index (χ1v) is 11.8. The number of methoxy groups -OCH3 is 1. The molecule has 0 fully saturated rings. The third kappa shape index (κ3) is 5.68. The third-order valence-corrected chi connectivity index (χ3v) is 5.92. The Morgan fingerprint density at radius 3 is 2.66 bits per heavy atom. The number of carbonyl (C=O) groups is 2. The number of amides is 1. The van der Waals surface area contributed by atoms with Gasteiger partial charge in [-0.1, -0.05) is 18.2 Å². The fourth-order valence-electron chi connectivity index (χ4n) is 3.92. The Kier molecular flexibility index (Phi) is 7.77. The van der Waals surface area contributed by atoms with Gasteiger partial charge in [0.1, 0.15) is 23.1 Å². The number of oxazole rings is 1. The highest BCUT2D eigenvalue weighted by Gasteiger charge is 2.17. The van der Waals surface area contributed by atoms with Crippen LogP contribution in [0.4, 0.5) is 5.69 Å². The SMILES string of the molecule is COc1cccc(CC(=O)Cl)c1.Cn1cc(N)c2ncnc(C(=O)NCc3ccc4oc(=O)n(C)c4c3)c21. The normalized spacial score (nSPS) is 10.7. The quantitative estimate of drug-likeness (QED) is 0.315. The van der Waals surface area contributed by atoms with Gasteiger partial charge in [-0.15, -0.1) is 0 Å². The molecular formula is C26H25ClN6O5. The van der Waals surface area contributed by atoms with Crippen molar-refractivity contribution in [2.45, 2.75) is 13.0 Å². The number of ether oxygens (including phenoxy) is 1. The van der Waals surface area contributed by atoms with E-state index in [1.54, 1.807) is 56.2 Å². The van der Waals surface area contributed by atoms with Crippen molar-refractivity contribution in [2.75, 3.05) is 12.8 Å². The molecule has 5 rings (SSSR count). The minimum Gasteiger partial charge on any atom is -0.497 e. The van der Waals surface area contributed by atoms with Crippen molar-refractivity contribution in [2.24, 2.45) is 14.1 Å². The summed E-state index contributed by atoms with van der Waals surface area (Å²) in [6, 6.07) is 12.6. The van der Waals surface area contributed by atoms with Crippen LogP contribution in [0.25, 0.3) is 22.1 Å². The number of benzene rings is 2. The molecule has 0 radical (unpaired) electrons. The lowest BCUT2D eigenvalue weighted by molar-refractivity contribution is -0.111. The van der Waals surface area contributed by atoms with Gasteiger partial charge in [0.25, 0.3) is 5.91 Å². The molecule has 12 heteroatoms. The van der Waals surface area contributed by atoms with Crippen LogP contribution in [0, 0.1) is 0 Å². The smallest absolute Gasteiger partial charge is 0.419 e. The molecule has 196 valence electrons. The highest BCUT2D eigenvalue weighted by Crippen LogP contribution is 2.22. The molecule has 3 N–H and O–H groups in total. The molecule has 3 aromatic heterocycles. The zero-order chi connectivity index (χ0) is 27.4. The molecule has 3 heterocycles. The van der Waals surface area contributed by atoms with Crippen molar-refractivity contribution in [3.05, 3.63) is 82.4 Å². The molecule has 0 unspecified atom stereocenters. The van der Waals surface area contributed by atoms with Gasteiger partial charge in [0, 0.05) is 33.3 Å². The minimum absolute atomic E-state index is 0.249. The number of anilines is 1. The van der Waals surface area contributed by atoms with Crippen LogP contribution in [0.5, 0.6) is 5.75 Å². The Hall–Kier alpha value is -4.64. The monoisotopic (exact) mass is 536 g/mol. The van der Waals surface area contributed by atoms with Crippen molar-refractivity contribution < 1.29 is 18.7 Å². The second kappa shape index (κ2) is 11.2. The number of hydrogen-bond donors (Lipinski definition) is 2. The number of aromatic nitrogens is 4. The highest BCUT2D eigenvalue weighted by atomic mass is 35.5. The predicted octanol–water partition coefficient (Wildman–Crippen LogP) is 2.93. The molecular weight excluding hydrogens is 512 g/mol. The van der Waals surface area contributed by atoms with E-state index >= 15 is 0 Å². The Bertz CT molecular complexity index is 1700. The second-order valence-corrected chi connectivity index (χ2v) is 8.83. The number of hydrogen-bond acceptors (Lipinski definition) is 8. The van der Waals surface area contributed by atoms with E-state index in [4.69, 9.17) is 26.5 Å². The van der Waals surface area contributed by atoms with Crippen LogP contribution in [-0.4, -0.2) is 37.4 Å². The fraction of sp³-hybridized carbons (Fsp3) is 0.192. The summed E-state index contributed by atoms with van der Waals surface area (Å²) in [6.45, 7) is 0.277. The largest absolute Gasteiger partial charge is 0.497 e. The summed E-state index contributed by atoms with van der Waals surface area (Å²) in [7, 11) is 5.00. The van der Waals surface area contributed by atoms with Gasteiger partial charge in [-0.25, -0.2) is 14.8 Å². The zero-order valence-electron chi connectivity index (χ0n) is 20.9. The van der Waals surface area contributed by atoms with E-state index in [2.05, 4.69) is 15.3 Å². The van der Waals surface area contributed by atoms with E-state index in [-0.39, 0.29) is 29.8 Å². The van der Waals surface area contributed by atoms with Crippen LogP contribution < -0.4 is 21.5 Å². The molecule has 0 saturated heterocycles. The van der Waals surface area contributed by atoms with Crippen LogP contribution >= 0.6 is 11.6 Å². The first-order valence-electron chi connectivity index (χ1n) is 11.4. The maximum Gasteiger partial charge on any atom is 0.419 e. The molecule has 1 amide bonds. The van der Waals surface area contributed by atoms with E-state index in [1.807, 2.05) is 18.2 Å². The van der Waals surface area contributed by atoms with Gasteiger partial charge in [-0.05, 0) is 47.0 Å². The van der Waals surface area contributed by atoms with Crippen LogP contribution in [0.2, 0.25) is 0 Å². The van der Waals surface area contributed by atoms with Crippen LogP contribution in [0.15, 0.2) is 64.2 Å². The third-order valence-electron chi connectivity index (χ3n) is 5.78. The number of fused-ring (bicyclic) bond motifs is 2. The van der Waals surface area contributed by atoms with Crippen molar-refractivity contribution in [3.63, 3.8) is 0 Å². The number of nitrogen functional groups attached to an aromatic ring is 1. The number of carbonyl (C=O) groups excluding carboxylic acids is 2. The molecule has 0 aliphatic rings. The lowest BCUT2D eigenvalue weighted by atomic mass is 10.1. The number of nitrogens with zero attached hydrogens (tertiary/aromatic N) is 4. The maximum absolute atomic E-state index is 12.6. The van der Waals surface area contributed by atoms with Gasteiger partial charge >= 0.3 is 5.76 Å². The summed E-state index contributed by atoms with van der Waals surface area (Å²) in [5, 5.41) is 2.48. The molecule has 2 aromatic carbocycles. The summed E-state index contributed by atoms with van der Waals surface area (Å²) in [5.41, 5.74) is 10.6. The lowest BCUT2D eigenvalue weighted by Gasteiger charge is -2.07. The van der Waals surface area contributed by atoms with Crippen LogP contribution in [0.1, 0.15) is 21.6 Å². The lowest BCUT2D eigenvalue weighted by Crippen LogP contribution is -2.24. The zero-order valence-corrected chi connectivity index (χ0v) is 21.7. The van der Waals surface area contributed by atoms with Gasteiger partial charge < -0.3 is 24.8 Å². The first-order chi connectivity index (χ1) is 18.2. The standard InChI is InChI=1S/C17H16N6O3.C9H9ClO2/c1-22-7-10(18)13-15(22)14(21-8-20-13)16(24)19-6-9-3-4-12-11(5-9)23(2)17(25)26-12;1-12-8-4-2-3-7(5-8)6-9(10)11/h3-5,7-8H,6,18H2,1-2H3,(H,19,24);2-5H,6H2,1H3. The van der Waals surface area contributed by atoms with Crippen molar-refractivity contribution in [1.82, 2.24) is 24.4 Å². The van der Waals surface area contributed by atoms with Crippen LogP contribution in [0.3, 0.4) is 0 Å². The molecule has 0 saturated carbocycles. The maximum atomic E-state index is 12.6. The molecule has 0 aliphatic carbocycles. The number of nitrogens with one attached hydrogen (secondary N) is 1. The summed E-state index contributed by atoms with van der Waals surface area (Å²) in [4.78, 5) is 42.9. The summed E-state index contributed by atoms with van der Waals surface area (Å²) in [5.74, 6) is -0.0175. The van der Waals surface area contributed by atoms with E-state index < -0.39 is 5.76 Å². The van der Waals surface area contributed by atoms with Crippen molar-refractivity contribution >= 4 is 50.6 Å². The average molecular weight is 537 g/mol. The number of rotatable bonds is 6. The Labute approximate surface area is 221 Å². The first kappa shape index (κ1) is 26.4. The van der Waals surface area contributed by atoms with E-state index in [9.17, 15) is 14.4 Å². The highest BCUT2D eigenvalue weighted by molar-refractivity contribution is 6.63. The second-order valence-electron chi connectivity index (χ2n) is 8.41. The van der Waals surface area contributed by atoms with Crippen LogP contribution in [-0.2, 0) is 31.9 Å². The molecule has 11 nitrogen and oxygen atoms in total. The van der Waals surface area contributed by atoms with Gasteiger partial charge in [0.05, 0.1) is 18.3 Å². The molecule has 0 bridgehead atoms. The van der Waals surface area contributed by atoms with E-state index in [0.717, 1.165) is 16.9 Å². The van der Waals surface area contributed by atoms with Gasteiger partial charge in [0.15, 0.2) is 11.3 Å². The van der Waals surface area contributed by atoms with Crippen molar-refractivity contribution in [3.8, 4) is 5.75 Å². The molecule has 0 spiro atoms. The Morgan fingerprint density at radius 1 is 1.13 bits per heavy atom. The predicted molar refractivity (Wildman–Crippen MR) is 143 cm³/mol. The number of halogens is 1. The van der Waals surface area contributed by atoms with E-state index in [1.165, 1.54) is 10.9 Å².